The van der Waals surface area contributed by atoms with Gasteiger partial charge in [-0.15, -0.1) is 0 Å². The molecule has 4 heteroatoms. The number of halogens is 1. The average Bonchev–Trinajstić information content (AvgIpc) is 1.83. The minimum Gasteiger partial charge on any atom is -0.369 e. The lowest BCUT2D eigenvalue weighted by atomic mass is 10.5. The molecule has 9 heavy (non-hydrogen) atoms. The lowest BCUT2D eigenvalue weighted by Crippen LogP contribution is -2.39. The SMILES string of the molecule is CN1C(N)=NC=CC1Cl. The Bertz CT molecular complexity index is 164. The van der Waals surface area contributed by atoms with Gasteiger partial charge in [0, 0.05) is 13.2 Å². The predicted molar refractivity (Wildman–Crippen MR) is 38.2 cm³/mol. The van der Waals surface area contributed by atoms with Gasteiger partial charge in [0.25, 0.3) is 0 Å². The molecule has 2 N–H and O–H groups in total. The fourth-order valence-electron chi connectivity index (χ4n) is 0.537. The van der Waals surface area contributed by atoms with Crippen molar-refractivity contribution in [2.75, 3.05) is 7.05 Å². The molecule has 1 unspecified atom stereocenters. The van der Waals surface area contributed by atoms with Crippen LogP contribution in [-0.4, -0.2) is 23.4 Å². The van der Waals surface area contributed by atoms with E-state index in [4.69, 9.17) is 17.3 Å². The molecule has 1 aliphatic rings. The molecule has 0 radical (unpaired) electrons. The second kappa shape index (κ2) is 2.27. The molecule has 0 saturated heterocycles. The van der Waals surface area contributed by atoms with Gasteiger partial charge in [0.1, 0.15) is 5.50 Å². The highest BCUT2D eigenvalue weighted by Gasteiger charge is 2.11. The minimum atomic E-state index is -0.150. The van der Waals surface area contributed by atoms with E-state index in [1.54, 1.807) is 24.2 Å². The van der Waals surface area contributed by atoms with Crippen molar-refractivity contribution >= 4 is 17.6 Å². The topological polar surface area (TPSA) is 41.6 Å². The van der Waals surface area contributed by atoms with E-state index < -0.39 is 0 Å². The Morgan fingerprint density at radius 1 is 1.89 bits per heavy atom. The molecule has 1 atom stereocenters. The average molecular weight is 146 g/mol. The van der Waals surface area contributed by atoms with Gasteiger partial charge in [-0.2, -0.15) is 0 Å². The first-order chi connectivity index (χ1) is 4.22. The molecule has 0 saturated carbocycles. The summed E-state index contributed by atoms with van der Waals surface area (Å²) >= 11 is 5.74. The molecule has 0 aromatic heterocycles. The largest absolute Gasteiger partial charge is 0.369 e. The van der Waals surface area contributed by atoms with Crippen LogP contribution in [0.2, 0.25) is 0 Å². The molecule has 0 fully saturated rings. The summed E-state index contributed by atoms with van der Waals surface area (Å²) in [5.74, 6) is 0.456. The molecule has 0 aromatic carbocycles. The first-order valence-electron chi connectivity index (χ1n) is 2.58. The van der Waals surface area contributed by atoms with Crippen LogP contribution in [0.5, 0.6) is 0 Å². The standard InChI is InChI=1S/C5H8ClN3/c1-9-4(6)2-3-8-5(9)7/h2-4H,1H3,(H2,7,8). The number of rotatable bonds is 0. The summed E-state index contributed by atoms with van der Waals surface area (Å²) in [4.78, 5) is 5.50. The minimum absolute atomic E-state index is 0.150. The highest BCUT2D eigenvalue weighted by Crippen LogP contribution is 2.07. The second-order valence-electron chi connectivity index (χ2n) is 1.81. The summed E-state index contributed by atoms with van der Waals surface area (Å²) in [5, 5.41) is 0. The summed E-state index contributed by atoms with van der Waals surface area (Å²) in [6.45, 7) is 0. The molecule has 0 aromatic rings. The number of nitrogens with zero attached hydrogens (tertiary/aromatic N) is 2. The van der Waals surface area contributed by atoms with Crippen molar-refractivity contribution in [3.8, 4) is 0 Å². The maximum atomic E-state index is 5.74. The predicted octanol–water partition coefficient (Wildman–Crippen LogP) is 0.325. The van der Waals surface area contributed by atoms with Crippen molar-refractivity contribution in [2.45, 2.75) is 5.50 Å². The Morgan fingerprint density at radius 3 is 3.00 bits per heavy atom. The van der Waals surface area contributed by atoms with Crippen molar-refractivity contribution in [1.29, 1.82) is 0 Å². The van der Waals surface area contributed by atoms with Gasteiger partial charge >= 0.3 is 0 Å². The van der Waals surface area contributed by atoms with Gasteiger partial charge in [0.05, 0.1) is 0 Å². The molecule has 1 aliphatic heterocycles. The van der Waals surface area contributed by atoms with E-state index in [-0.39, 0.29) is 5.50 Å². The van der Waals surface area contributed by atoms with Crippen LogP contribution in [0.4, 0.5) is 0 Å². The van der Waals surface area contributed by atoms with Gasteiger partial charge in [0.15, 0.2) is 5.96 Å². The van der Waals surface area contributed by atoms with E-state index >= 15 is 0 Å². The zero-order valence-electron chi connectivity index (χ0n) is 5.08. The van der Waals surface area contributed by atoms with Crippen LogP contribution in [0.15, 0.2) is 17.3 Å². The van der Waals surface area contributed by atoms with Gasteiger partial charge in [-0.3, -0.25) is 0 Å². The van der Waals surface area contributed by atoms with Crippen molar-refractivity contribution in [1.82, 2.24) is 4.90 Å². The maximum absolute atomic E-state index is 5.74. The summed E-state index contributed by atoms with van der Waals surface area (Å²) in [6.07, 6.45) is 3.37. The maximum Gasteiger partial charge on any atom is 0.197 e. The van der Waals surface area contributed by atoms with Crippen molar-refractivity contribution in [2.24, 2.45) is 10.7 Å². The highest BCUT2D eigenvalue weighted by molar-refractivity contribution is 6.22. The van der Waals surface area contributed by atoms with Crippen LogP contribution < -0.4 is 5.73 Å². The number of likely N-dealkylation sites (N-methyl/N-ethyl adjacent to an activating group) is 1. The first kappa shape index (κ1) is 6.42. The number of guanidine groups is 1. The van der Waals surface area contributed by atoms with Gasteiger partial charge in [-0.1, -0.05) is 11.6 Å². The Balaban J connectivity index is 2.73. The molecule has 0 spiro atoms. The number of aliphatic imine (C=N–C) groups is 1. The summed E-state index contributed by atoms with van der Waals surface area (Å²) in [6, 6.07) is 0. The van der Waals surface area contributed by atoms with E-state index in [1.165, 1.54) is 0 Å². The fourth-order valence-corrected chi connectivity index (χ4v) is 0.702. The molecule has 0 amide bonds. The third-order valence-electron chi connectivity index (χ3n) is 1.18. The Morgan fingerprint density at radius 2 is 2.56 bits per heavy atom. The smallest absolute Gasteiger partial charge is 0.197 e. The van der Waals surface area contributed by atoms with Gasteiger partial charge in [-0.05, 0) is 6.08 Å². The lowest BCUT2D eigenvalue weighted by molar-refractivity contribution is 0.509. The Labute approximate surface area is 58.8 Å². The summed E-state index contributed by atoms with van der Waals surface area (Å²) < 4.78 is 0. The van der Waals surface area contributed by atoms with Crippen molar-refractivity contribution in [3.05, 3.63) is 12.3 Å². The van der Waals surface area contributed by atoms with Crippen LogP contribution in [-0.2, 0) is 0 Å². The molecule has 1 heterocycles. The van der Waals surface area contributed by atoms with E-state index in [9.17, 15) is 0 Å². The first-order valence-corrected chi connectivity index (χ1v) is 3.02. The van der Waals surface area contributed by atoms with Gasteiger partial charge < -0.3 is 10.6 Å². The van der Waals surface area contributed by atoms with Crippen LogP contribution >= 0.6 is 11.6 Å². The quantitative estimate of drug-likeness (QED) is 0.394. The monoisotopic (exact) mass is 145 g/mol. The molecule has 3 nitrogen and oxygen atoms in total. The highest BCUT2D eigenvalue weighted by atomic mass is 35.5. The zero-order chi connectivity index (χ0) is 6.85. The van der Waals surface area contributed by atoms with Crippen molar-refractivity contribution < 1.29 is 0 Å². The normalized spacial score (nSPS) is 26.2. The molecule has 50 valence electrons. The Kier molecular flexibility index (Phi) is 1.62. The third kappa shape index (κ3) is 1.16. The molecule has 0 aliphatic carbocycles. The fraction of sp³-hybridized carbons (Fsp3) is 0.400. The van der Waals surface area contributed by atoms with E-state index in [0.29, 0.717) is 5.96 Å². The van der Waals surface area contributed by atoms with Crippen LogP contribution in [0.1, 0.15) is 0 Å². The third-order valence-corrected chi connectivity index (χ3v) is 1.62. The van der Waals surface area contributed by atoms with E-state index in [2.05, 4.69) is 4.99 Å². The van der Waals surface area contributed by atoms with E-state index in [1.807, 2.05) is 0 Å². The lowest BCUT2D eigenvalue weighted by Gasteiger charge is -2.22. The Hall–Kier alpha value is -0.700. The number of nitrogens with two attached hydrogens (primary N) is 1. The second-order valence-corrected chi connectivity index (χ2v) is 2.26. The van der Waals surface area contributed by atoms with Crippen LogP contribution in [0.25, 0.3) is 0 Å². The van der Waals surface area contributed by atoms with Gasteiger partial charge in [0.2, 0.25) is 0 Å². The van der Waals surface area contributed by atoms with E-state index in [0.717, 1.165) is 0 Å². The number of hydrogen-bond donors (Lipinski definition) is 1. The van der Waals surface area contributed by atoms with Crippen molar-refractivity contribution in [3.63, 3.8) is 0 Å². The summed E-state index contributed by atoms with van der Waals surface area (Å²) in [5.41, 5.74) is 5.26. The number of hydrogen-bond acceptors (Lipinski definition) is 3. The molecule has 0 bridgehead atoms. The molecular weight excluding hydrogens is 138 g/mol. The van der Waals surface area contributed by atoms with Gasteiger partial charge in [-0.25, -0.2) is 4.99 Å². The summed E-state index contributed by atoms with van der Waals surface area (Å²) in [7, 11) is 1.79. The number of alkyl halides is 1. The van der Waals surface area contributed by atoms with Crippen LogP contribution in [0.3, 0.4) is 0 Å². The molecular formula is C5H8ClN3. The van der Waals surface area contributed by atoms with Crippen LogP contribution in [0, 0.1) is 0 Å². The zero-order valence-corrected chi connectivity index (χ0v) is 5.84. The molecule has 1 rings (SSSR count).